The molecule has 0 unspecified atom stereocenters. The number of aliphatic hydroxyl groups excluding tert-OH is 17. The van der Waals surface area contributed by atoms with E-state index in [1.54, 1.807) is 0 Å². The van der Waals surface area contributed by atoms with E-state index in [0.29, 0.717) is 0 Å². The maximum atomic E-state index is 13.4. The number of aliphatic carboxylic acids is 4. The summed E-state index contributed by atoms with van der Waals surface area (Å²) in [6.07, 6.45) is -46.3. The Morgan fingerprint density at radius 3 is 0.859 bits per heavy atom. The molecule has 0 aliphatic carbocycles. The van der Waals surface area contributed by atoms with Crippen molar-refractivity contribution in [2.24, 2.45) is 0 Å². The summed E-state index contributed by atoms with van der Waals surface area (Å²) >= 11 is 0. The predicted octanol–water partition coefficient (Wildman–Crippen LogP) is -16.5. The highest BCUT2D eigenvalue weighted by Gasteiger charge is 2.64. The van der Waals surface area contributed by atoms with Crippen LogP contribution in [0.1, 0.15) is 25.7 Å². The third kappa shape index (κ3) is 16.1. The van der Waals surface area contributed by atoms with Gasteiger partial charge in [-0.05, 0) is 0 Å². The molecule has 0 bridgehead atoms. The maximum Gasteiger partial charge on any atom is 0.364 e. The van der Waals surface area contributed by atoms with Crippen molar-refractivity contribution in [3.63, 3.8) is 0 Å². The van der Waals surface area contributed by atoms with Gasteiger partial charge in [0.1, 0.15) is 99.7 Å². The van der Waals surface area contributed by atoms with Gasteiger partial charge in [-0.2, -0.15) is 0 Å². The highest BCUT2D eigenvalue weighted by Crippen LogP contribution is 2.41. The number of rotatable bonds is 30. The Labute approximate surface area is 475 Å². The molecule has 0 aromatic carbocycles. The molecule has 0 aromatic rings. The zero-order valence-corrected chi connectivity index (χ0v) is 44.0. The van der Waals surface area contributed by atoms with Crippen LogP contribution in [0.5, 0.6) is 0 Å². The maximum absolute atomic E-state index is 13.4. The summed E-state index contributed by atoms with van der Waals surface area (Å²) in [7, 11) is 0. The SMILES string of the molecule is O=C(CO)N[C@H]1[C@H]([C@H](O)[C@H](O)CO)O[C@@](O[C@H](CO)[C@@H](O)[C@@H]2O[C@@](O[C@H](CO)[C@@H](O)[C@@H]3O[C@@](O[C@H](CO)[C@@H](O)[C@@H]4O[C@@](O)(C(=O)O)C[C@H](O)[C@H]4NC(=O)CO)(C(=O)O)C[C@H](O)[C@H]3NC(=O)CO)(C(=O)O)C[C@H](O)[C@H]2NC(=O)CO)(C(=O)O)C[C@@H]1O. The van der Waals surface area contributed by atoms with Crippen molar-refractivity contribution in [2.75, 3.05) is 52.9 Å². The highest BCUT2D eigenvalue weighted by molar-refractivity contribution is 5.80. The van der Waals surface area contributed by atoms with Crippen LogP contribution in [-0.2, 0) is 71.5 Å². The summed E-state index contributed by atoms with van der Waals surface area (Å²) in [6.45, 7) is -11.7. The molecule has 41 nitrogen and oxygen atoms in total. The topological polar surface area (TPSA) is 694 Å². The van der Waals surface area contributed by atoms with Crippen molar-refractivity contribution in [2.45, 2.75) is 171 Å². The molecule has 4 aliphatic rings. The molecule has 85 heavy (non-hydrogen) atoms. The Balaban J connectivity index is 1.81. The molecular formula is C44H70N4O37. The second-order valence-electron chi connectivity index (χ2n) is 19.9. The minimum absolute atomic E-state index is 1.23. The molecule has 41 heteroatoms. The molecule has 24 atom stereocenters. The zero-order chi connectivity index (χ0) is 64.4. The van der Waals surface area contributed by atoms with Crippen LogP contribution in [0.3, 0.4) is 0 Å². The van der Waals surface area contributed by atoms with E-state index in [4.69, 9.17) is 33.2 Å². The van der Waals surface area contributed by atoms with Crippen LogP contribution in [-0.4, -0.2) is 358 Å². The van der Waals surface area contributed by atoms with Crippen LogP contribution in [0.15, 0.2) is 0 Å². The van der Waals surface area contributed by atoms with Gasteiger partial charge >= 0.3 is 23.9 Å². The first-order chi connectivity index (χ1) is 39.7. The number of carboxylic acid groups (broad SMARTS) is 4. The first kappa shape index (κ1) is 72.2. The third-order valence-corrected chi connectivity index (χ3v) is 14.1. The fourth-order valence-corrected chi connectivity index (χ4v) is 9.90. The monoisotopic (exact) mass is 1250 g/mol. The van der Waals surface area contributed by atoms with Gasteiger partial charge < -0.3 is 167 Å². The van der Waals surface area contributed by atoms with E-state index < -0.39 is 271 Å². The Hall–Kier alpha value is -5.24. The molecular weight excluding hydrogens is 1180 g/mol. The minimum atomic E-state index is -3.69. The molecule has 0 radical (unpaired) electrons. The number of carbonyl (C=O) groups is 8. The fraction of sp³-hybridized carbons (Fsp3) is 0.818. The van der Waals surface area contributed by atoms with Gasteiger partial charge in [0.2, 0.25) is 23.6 Å². The summed E-state index contributed by atoms with van der Waals surface area (Å²) in [4.78, 5) is 101. The van der Waals surface area contributed by atoms with Gasteiger partial charge in [0.15, 0.2) is 0 Å². The van der Waals surface area contributed by atoms with Crippen LogP contribution in [0, 0.1) is 0 Å². The fourth-order valence-electron chi connectivity index (χ4n) is 9.90. The van der Waals surface area contributed by atoms with Crippen LogP contribution >= 0.6 is 0 Å². The Morgan fingerprint density at radius 1 is 0.388 bits per heavy atom. The number of carbonyl (C=O) groups excluding carboxylic acids is 4. The van der Waals surface area contributed by atoms with Crippen LogP contribution in [0.25, 0.3) is 0 Å². The Kier molecular flexibility index (Phi) is 25.6. The van der Waals surface area contributed by atoms with E-state index in [9.17, 15) is 151 Å². The molecule has 4 aliphatic heterocycles. The second kappa shape index (κ2) is 30.1. The summed E-state index contributed by atoms with van der Waals surface area (Å²) < 4.78 is 38.4. The quantitative estimate of drug-likeness (QED) is 0.0318. The molecule has 488 valence electrons. The van der Waals surface area contributed by atoms with Crippen molar-refractivity contribution >= 4 is 47.5 Å². The lowest BCUT2D eigenvalue weighted by Gasteiger charge is -2.51. The van der Waals surface area contributed by atoms with Gasteiger partial charge in [-0.1, -0.05) is 0 Å². The number of hydrogen-bond acceptors (Lipinski definition) is 33. The number of amides is 4. The van der Waals surface area contributed by atoms with Crippen LogP contribution in [0.2, 0.25) is 0 Å². The zero-order valence-electron chi connectivity index (χ0n) is 44.0. The first-order valence-corrected chi connectivity index (χ1v) is 25.3. The molecule has 26 N–H and O–H groups in total. The summed E-state index contributed by atoms with van der Waals surface area (Å²) in [5.74, 6) is -28.9. The number of nitrogens with one attached hydrogen (secondary N) is 4. The lowest BCUT2D eigenvalue weighted by atomic mass is 9.86. The van der Waals surface area contributed by atoms with E-state index in [1.165, 1.54) is 0 Å². The molecule has 0 aromatic heterocycles. The van der Waals surface area contributed by atoms with Gasteiger partial charge in [0.05, 0.1) is 75.0 Å². The molecule has 4 saturated heterocycles. The number of ether oxygens (including phenoxy) is 7. The molecule has 4 amide bonds. The van der Waals surface area contributed by atoms with Crippen LogP contribution in [0.4, 0.5) is 0 Å². The smallest absolute Gasteiger partial charge is 0.364 e. The van der Waals surface area contributed by atoms with E-state index in [2.05, 4.69) is 0 Å². The predicted molar refractivity (Wildman–Crippen MR) is 255 cm³/mol. The second-order valence-corrected chi connectivity index (χ2v) is 19.9. The van der Waals surface area contributed by atoms with Gasteiger partial charge in [-0.15, -0.1) is 0 Å². The van der Waals surface area contributed by atoms with E-state index in [-0.39, 0.29) is 0 Å². The van der Waals surface area contributed by atoms with Crippen molar-refractivity contribution < 1.29 is 184 Å². The third-order valence-electron chi connectivity index (χ3n) is 14.1. The van der Waals surface area contributed by atoms with Gasteiger partial charge in [-0.3, -0.25) is 19.2 Å². The summed E-state index contributed by atoms with van der Waals surface area (Å²) in [5, 5.41) is 241. The standard InChI is InChI=1S/C44H70N4O37/c49-5-17(61)29(66)33-26(46-22(63)10-54)14(58)2-42(83-33,38(72)73)80-19(7-51)31(68)35-28(48-24(65)12-56)16(60)4-44(85-35,40(76)77)81-20(8-52)32(69)36-27(47-23(64)11-55)15(59)3-43(84-36,39(74)75)79-18(6-50)30(67)34-25(45-21(62)9-53)13(57)1-41(78,82-34)37(70)71/h13-20,25-36,49-61,66-69,78H,1-12H2,(H,45,62)(H,46,63)(H,47,64)(H,48,65)(H,70,71)(H,72,73)(H,74,75)(H,76,77)/t13-,14-,15-,16-,17+,18+,19+,20+,25+,26+,27+,28+,29+,30+,31+,32+,33+,34+,35+,36+,41+,42+,43+,44+/m0/s1. The minimum Gasteiger partial charge on any atom is -0.477 e. The number of carboxylic acids is 4. The molecule has 4 heterocycles. The van der Waals surface area contributed by atoms with Crippen molar-refractivity contribution in [1.29, 1.82) is 0 Å². The number of hydrogen-bond donors (Lipinski definition) is 26. The van der Waals surface area contributed by atoms with Crippen LogP contribution < -0.4 is 21.3 Å². The van der Waals surface area contributed by atoms with E-state index in [0.717, 1.165) is 0 Å². The molecule has 0 spiro atoms. The normalized spacial score (nSPS) is 36.2. The van der Waals surface area contributed by atoms with Gasteiger partial charge in [0.25, 0.3) is 23.1 Å². The summed E-state index contributed by atoms with van der Waals surface area (Å²) in [6, 6.07) is -8.48. The average Bonchev–Trinajstić information content (AvgIpc) is 3.62. The average molecular weight is 1250 g/mol. The van der Waals surface area contributed by atoms with Crippen molar-refractivity contribution in [3.05, 3.63) is 0 Å². The van der Waals surface area contributed by atoms with Crippen molar-refractivity contribution in [1.82, 2.24) is 21.3 Å². The van der Waals surface area contributed by atoms with Crippen molar-refractivity contribution in [3.8, 4) is 0 Å². The number of aliphatic hydroxyl groups is 18. The Morgan fingerprint density at radius 2 is 0.635 bits per heavy atom. The Bertz CT molecular complexity index is 2330. The van der Waals surface area contributed by atoms with Gasteiger partial charge in [0, 0.05) is 25.7 Å². The first-order valence-electron chi connectivity index (χ1n) is 25.3. The lowest BCUT2D eigenvalue weighted by Crippen LogP contribution is -2.72. The van der Waals surface area contributed by atoms with Gasteiger partial charge in [-0.25, -0.2) is 19.2 Å². The van der Waals surface area contributed by atoms with E-state index >= 15 is 0 Å². The lowest BCUT2D eigenvalue weighted by molar-refractivity contribution is -0.361. The largest absolute Gasteiger partial charge is 0.477 e. The molecule has 0 saturated carbocycles. The molecule has 4 fully saturated rings. The van der Waals surface area contributed by atoms with E-state index in [1.807, 2.05) is 21.3 Å². The summed E-state index contributed by atoms with van der Waals surface area (Å²) in [5.41, 5.74) is 0. The molecule has 4 rings (SSSR count). The highest BCUT2D eigenvalue weighted by atomic mass is 16.8.